The first-order chi connectivity index (χ1) is 12.9. The van der Waals surface area contributed by atoms with Gasteiger partial charge in [-0.3, -0.25) is 4.79 Å². The SMILES string of the molecule is CCC(C(=O)O)n1c(=NC(=O)c2ccccc2C(=O)O)sc2ccccc21. The molecule has 2 N–H and O–H groups in total. The molecule has 2 aromatic carbocycles. The van der Waals surface area contributed by atoms with Crippen LogP contribution in [0.25, 0.3) is 10.2 Å². The number of carbonyl (C=O) groups excluding carboxylic acids is 1. The van der Waals surface area contributed by atoms with E-state index < -0.39 is 23.9 Å². The molecule has 0 saturated heterocycles. The fourth-order valence-electron chi connectivity index (χ4n) is 2.84. The summed E-state index contributed by atoms with van der Waals surface area (Å²) in [5.74, 6) is -2.98. The molecule has 1 heterocycles. The average molecular weight is 384 g/mol. The Hall–Kier alpha value is -3.26. The van der Waals surface area contributed by atoms with Gasteiger partial charge in [0.05, 0.1) is 21.3 Å². The summed E-state index contributed by atoms with van der Waals surface area (Å²) in [7, 11) is 0. The van der Waals surface area contributed by atoms with Crippen LogP contribution >= 0.6 is 11.3 Å². The van der Waals surface area contributed by atoms with Gasteiger partial charge in [0.1, 0.15) is 6.04 Å². The number of carboxylic acid groups (broad SMARTS) is 2. The van der Waals surface area contributed by atoms with E-state index in [9.17, 15) is 24.6 Å². The van der Waals surface area contributed by atoms with Gasteiger partial charge in [0.25, 0.3) is 5.91 Å². The highest BCUT2D eigenvalue weighted by Crippen LogP contribution is 2.22. The van der Waals surface area contributed by atoms with Crippen LogP contribution in [0.1, 0.15) is 40.1 Å². The highest BCUT2D eigenvalue weighted by atomic mass is 32.1. The van der Waals surface area contributed by atoms with Crippen molar-refractivity contribution in [1.29, 1.82) is 0 Å². The molecule has 0 aliphatic rings. The minimum absolute atomic E-state index is 0.0441. The zero-order chi connectivity index (χ0) is 19.6. The molecular weight excluding hydrogens is 368 g/mol. The van der Waals surface area contributed by atoms with Gasteiger partial charge in [-0.2, -0.15) is 4.99 Å². The maximum absolute atomic E-state index is 12.7. The summed E-state index contributed by atoms with van der Waals surface area (Å²) < 4.78 is 2.30. The van der Waals surface area contributed by atoms with E-state index in [0.29, 0.717) is 11.9 Å². The number of aromatic carboxylic acids is 1. The number of para-hydroxylation sites is 1. The van der Waals surface area contributed by atoms with Crippen LogP contribution in [-0.4, -0.2) is 32.6 Å². The number of hydrogen-bond acceptors (Lipinski definition) is 4. The Labute approximate surface area is 157 Å². The van der Waals surface area contributed by atoms with Crippen LogP contribution in [-0.2, 0) is 4.79 Å². The van der Waals surface area contributed by atoms with Crippen LogP contribution in [0.2, 0.25) is 0 Å². The molecule has 1 amide bonds. The molecule has 1 aromatic heterocycles. The lowest BCUT2D eigenvalue weighted by molar-refractivity contribution is -0.140. The van der Waals surface area contributed by atoms with Gasteiger partial charge in [-0.1, -0.05) is 42.5 Å². The summed E-state index contributed by atoms with van der Waals surface area (Å²) in [6.45, 7) is 1.74. The van der Waals surface area contributed by atoms with Gasteiger partial charge in [0.15, 0.2) is 4.80 Å². The second-order valence-corrected chi connectivity index (χ2v) is 6.76. The van der Waals surface area contributed by atoms with Crippen molar-refractivity contribution in [3.05, 3.63) is 64.5 Å². The molecule has 0 aliphatic carbocycles. The van der Waals surface area contributed by atoms with Crippen molar-refractivity contribution in [2.75, 3.05) is 0 Å². The topological polar surface area (TPSA) is 109 Å². The van der Waals surface area contributed by atoms with Gasteiger partial charge >= 0.3 is 11.9 Å². The van der Waals surface area contributed by atoms with Crippen LogP contribution in [0.4, 0.5) is 0 Å². The average Bonchev–Trinajstić information content (AvgIpc) is 3.00. The lowest BCUT2D eigenvalue weighted by Crippen LogP contribution is -2.27. The Morgan fingerprint density at radius 3 is 2.30 bits per heavy atom. The highest BCUT2D eigenvalue weighted by Gasteiger charge is 2.22. The molecule has 1 atom stereocenters. The van der Waals surface area contributed by atoms with E-state index >= 15 is 0 Å². The molecule has 0 saturated carbocycles. The fourth-order valence-corrected chi connectivity index (χ4v) is 3.91. The number of thiazole rings is 1. The molecule has 27 heavy (non-hydrogen) atoms. The van der Waals surface area contributed by atoms with Crippen molar-refractivity contribution >= 4 is 39.4 Å². The van der Waals surface area contributed by atoms with Gasteiger partial charge in [0, 0.05) is 0 Å². The van der Waals surface area contributed by atoms with E-state index in [1.807, 2.05) is 12.1 Å². The second-order valence-electron chi connectivity index (χ2n) is 5.75. The molecule has 3 aromatic rings. The zero-order valence-corrected chi connectivity index (χ0v) is 15.1. The third-order valence-corrected chi connectivity index (χ3v) is 5.14. The van der Waals surface area contributed by atoms with E-state index in [2.05, 4.69) is 4.99 Å². The number of nitrogens with zero attached hydrogens (tertiary/aromatic N) is 2. The van der Waals surface area contributed by atoms with E-state index in [1.54, 1.807) is 25.1 Å². The van der Waals surface area contributed by atoms with Gasteiger partial charge < -0.3 is 14.8 Å². The molecule has 8 heteroatoms. The first-order valence-electron chi connectivity index (χ1n) is 8.18. The van der Waals surface area contributed by atoms with Crippen LogP contribution in [0.3, 0.4) is 0 Å². The summed E-state index contributed by atoms with van der Waals surface area (Å²) in [6.07, 6.45) is 0.309. The monoisotopic (exact) mass is 384 g/mol. The van der Waals surface area contributed by atoms with E-state index in [-0.39, 0.29) is 15.9 Å². The van der Waals surface area contributed by atoms with Crippen LogP contribution in [0.15, 0.2) is 53.5 Å². The Morgan fingerprint density at radius 2 is 1.67 bits per heavy atom. The van der Waals surface area contributed by atoms with Crippen molar-refractivity contribution in [2.45, 2.75) is 19.4 Å². The predicted octanol–water partition coefficient (Wildman–Crippen LogP) is 3.18. The second kappa shape index (κ2) is 7.55. The standard InChI is InChI=1S/C19H16N2O5S/c1-2-13(18(25)26)21-14-9-5-6-10-15(14)27-19(21)20-16(22)11-7-3-4-8-12(11)17(23)24/h3-10,13H,2H2,1H3,(H,23,24)(H,25,26). The predicted molar refractivity (Wildman–Crippen MR) is 100 cm³/mol. The van der Waals surface area contributed by atoms with Crippen LogP contribution in [0, 0.1) is 0 Å². The summed E-state index contributed by atoms with van der Waals surface area (Å²) in [5.41, 5.74) is 0.469. The van der Waals surface area contributed by atoms with Crippen LogP contribution < -0.4 is 4.80 Å². The minimum atomic E-state index is -1.23. The minimum Gasteiger partial charge on any atom is -0.480 e. The number of carbonyl (C=O) groups is 3. The van der Waals surface area contributed by atoms with Gasteiger partial charge in [0.2, 0.25) is 0 Å². The smallest absolute Gasteiger partial charge is 0.336 e. The number of amides is 1. The van der Waals surface area contributed by atoms with Crippen LogP contribution in [0.5, 0.6) is 0 Å². The molecular formula is C19H16N2O5S. The van der Waals surface area contributed by atoms with Crippen molar-refractivity contribution in [2.24, 2.45) is 4.99 Å². The van der Waals surface area contributed by atoms with E-state index in [4.69, 9.17) is 0 Å². The zero-order valence-electron chi connectivity index (χ0n) is 14.3. The fraction of sp³-hybridized carbons (Fsp3) is 0.158. The Bertz CT molecular complexity index is 1110. The quantitative estimate of drug-likeness (QED) is 0.702. The van der Waals surface area contributed by atoms with Crippen molar-refractivity contribution in [3.63, 3.8) is 0 Å². The first-order valence-corrected chi connectivity index (χ1v) is 9.00. The van der Waals surface area contributed by atoms with Crippen molar-refractivity contribution in [3.8, 4) is 0 Å². The highest BCUT2D eigenvalue weighted by molar-refractivity contribution is 7.16. The summed E-state index contributed by atoms with van der Waals surface area (Å²) in [4.78, 5) is 40.0. The Kier molecular flexibility index (Phi) is 5.18. The van der Waals surface area contributed by atoms with E-state index in [0.717, 1.165) is 4.70 Å². The molecule has 0 bridgehead atoms. The van der Waals surface area contributed by atoms with Crippen molar-refractivity contribution < 1.29 is 24.6 Å². The molecule has 1 unspecified atom stereocenters. The largest absolute Gasteiger partial charge is 0.480 e. The van der Waals surface area contributed by atoms with Gasteiger partial charge in [-0.25, -0.2) is 9.59 Å². The molecule has 0 radical (unpaired) electrons. The summed E-state index contributed by atoms with van der Waals surface area (Å²) in [5, 5.41) is 18.9. The summed E-state index contributed by atoms with van der Waals surface area (Å²) in [6, 6.07) is 12.1. The number of aliphatic carboxylic acids is 1. The number of benzene rings is 2. The Morgan fingerprint density at radius 1 is 1.04 bits per heavy atom. The molecule has 0 fully saturated rings. The molecule has 0 aliphatic heterocycles. The molecule has 138 valence electrons. The Balaban J connectivity index is 2.24. The number of fused-ring (bicyclic) bond motifs is 1. The third kappa shape index (κ3) is 3.52. The maximum Gasteiger partial charge on any atom is 0.336 e. The van der Waals surface area contributed by atoms with E-state index in [1.165, 1.54) is 34.1 Å². The number of aromatic nitrogens is 1. The molecule has 0 spiro atoms. The normalized spacial score (nSPS) is 12.9. The van der Waals surface area contributed by atoms with Gasteiger partial charge in [-0.05, 0) is 30.7 Å². The third-order valence-electron chi connectivity index (χ3n) is 4.10. The van der Waals surface area contributed by atoms with Gasteiger partial charge in [-0.15, -0.1) is 0 Å². The summed E-state index contributed by atoms with van der Waals surface area (Å²) >= 11 is 1.19. The maximum atomic E-state index is 12.7. The van der Waals surface area contributed by atoms with Crippen molar-refractivity contribution in [1.82, 2.24) is 4.57 Å². The molecule has 3 rings (SSSR count). The lowest BCUT2D eigenvalue weighted by Gasteiger charge is -2.13. The number of rotatable bonds is 5. The molecule has 7 nitrogen and oxygen atoms in total. The first kappa shape index (κ1) is 18.5. The number of hydrogen-bond donors (Lipinski definition) is 2. The number of carboxylic acids is 2. The lowest BCUT2D eigenvalue weighted by atomic mass is 10.1.